The van der Waals surface area contributed by atoms with Gasteiger partial charge in [0.1, 0.15) is 5.52 Å². The standard InChI is InChI=1S/C10H12N2O/c1-7-6-8(2)12-5-4-11(3)10(13)9(7)12/h4-6H,1-3H3. The van der Waals surface area contributed by atoms with Crippen LogP contribution in [0.2, 0.25) is 0 Å². The first-order valence-corrected chi connectivity index (χ1v) is 4.25. The van der Waals surface area contributed by atoms with Gasteiger partial charge in [-0.2, -0.15) is 0 Å². The van der Waals surface area contributed by atoms with E-state index in [-0.39, 0.29) is 5.56 Å². The lowest BCUT2D eigenvalue weighted by Crippen LogP contribution is -2.18. The maximum atomic E-state index is 11.7. The molecule has 0 spiro atoms. The van der Waals surface area contributed by atoms with Crippen LogP contribution in [0.5, 0.6) is 0 Å². The Morgan fingerprint density at radius 2 is 1.92 bits per heavy atom. The minimum absolute atomic E-state index is 0.0631. The Morgan fingerprint density at radius 3 is 2.62 bits per heavy atom. The van der Waals surface area contributed by atoms with E-state index in [1.165, 1.54) is 0 Å². The van der Waals surface area contributed by atoms with Gasteiger partial charge in [-0.25, -0.2) is 0 Å². The summed E-state index contributed by atoms with van der Waals surface area (Å²) in [6, 6.07) is 2.02. The summed E-state index contributed by atoms with van der Waals surface area (Å²) in [4.78, 5) is 11.7. The van der Waals surface area contributed by atoms with Crippen LogP contribution in [0.15, 0.2) is 23.3 Å². The van der Waals surface area contributed by atoms with Crippen molar-refractivity contribution < 1.29 is 0 Å². The van der Waals surface area contributed by atoms with E-state index in [4.69, 9.17) is 0 Å². The van der Waals surface area contributed by atoms with Gasteiger partial charge in [0.05, 0.1) is 0 Å². The largest absolute Gasteiger partial charge is 0.315 e. The summed E-state index contributed by atoms with van der Waals surface area (Å²) >= 11 is 0. The van der Waals surface area contributed by atoms with Gasteiger partial charge in [0.2, 0.25) is 0 Å². The van der Waals surface area contributed by atoms with Crippen LogP contribution in [0.25, 0.3) is 5.52 Å². The maximum absolute atomic E-state index is 11.7. The van der Waals surface area contributed by atoms with Crippen LogP contribution < -0.4 is 5.56 Å². The lowest BCUT2D eigenvalue weighted by Gasteiger charge is -2.00. The smallest absolute Gasteiger partial charge is 0.274 e. The Morgan fingerprint density at radius 1 is 1.23 bits per heavy atom. The SMILES string of the molecule is Cc1cc(C)n2ccn(C)c(=O)c12. The zero-order valence-electron chi connectivity index (χ0n) is 8.03. The lowest BCUT2D eigenvalue weighted by molar-refractivity contribution is 0.841. The third-order valence-electron chi connectivity index (χ3n) is 2.38. The monoisotopic (exact) mass is 176 g/mol. The molecule has 0 atom stereocenters. The average molecular weight is 176 g/mol. The van der Waals surface area contributed by atoms with Crippen LogP contribution in [0.3, 0.4) is 0 Å². The van der Waals surface area contributed by atoms with Gasteiger partial charge in [-0.15, -0.1) is 0 Å². The molecule has 0 saturated heterocycles. The van der Waals surface area contributed by atoms with Gasteiger partial charge in [-0.3, -0.25) is 4.79 Å². The molecule has 3 nitrogen and oxygen atoms in total. The third-order valence-corrected chi connectivity index (χ3v) is 2.38. The summed E-state index contributed by atoms with van der Waals surface area (Å²) in [7, 11) is 1.77. The van der Waals surface area contributed by atoms with Crippen LogP contribution in [-0.4, -0.2) is 8.97 Å². The van der Waals surface area contributed by atoms with Crippen LogP contribution in [0.1, 0.15) is 11.3 Å². The Kier molecular flexibility index (Phi) is 1.55. The van der Waals surface area contributed by atoms with Crippen molar-refractivity contribution in [3.8, 4) is 0 Å². The second kappa shape index (κ2) is 2.49. The molecule has 2 aromatic heterocycles. The van der Waals surface area contributed by atoms with Gasteiger partial charge in [-0.1, -0.05) is 0 Å². The number of rotatable bonds is 0. The van der Waals surface area contributed by atoms with Gasteiger partial charge in [0.25, 0.3) is 5.56 Å². The van der Waals surface area contributed by atoms with Gasteiger partial charge < -0.3 is 8.97 Å². The van der Waals surface area contributed by atoms with Crippen molar-refractivity contribution in [2.24, 2.45) is 7.05 Å². The number of nitrogens with zero attached hydrogens (tertiary/aromatic N) is 2. The van der Waals surface area contributed by atoms with Gasteiger partial charge in [0, 0.05) is 25.1 Å². The number of aryl methyl sites for hydroxylation is 3. The first-order chi connectivity index (χ1) is 6.11. The topological polar surface area (TPSA) is 26.4 Å². The van der Waals surface area contributed by atoms with Crippen molar-refractivity contribution in [1.82, 2.24) is 8.97 Å². The molecule has 0 aliphatic carbocycles. The van der Waals surface area contributed by atoms with Crippen LogP contribution in [-0.2, 0) is 7.05 Å². The highest BCUT2D eigenvalue weighted by molar-refractivity contribution is 5.55. The number of hydrogen-bond donors (Lipinski definition) is 0. The highest BCUT2D eigenvalue weighted by Gasteiger charge is 2.06. The molecular weight excluding hydrogens is 164 g/mol. The van der Waals surface area contributed by atoms with Crippen molar-refractivity contribution >= 4 is 5.52 Å². The first kappa shape index (κ1) is 8.10. The highest BCUT2D eigenvalue weighted by atomic mass is 16.1. The van der Waals surface area contributed by atoms with Gasteiger partial charge in [-0.05, 0) is 25.5 Å². The molecular formula is C10H12N2O. The molecule has 0 N–H and O–H groups in total. The van der Waals surface area contributed by atoms with Crippen molar-refractivity contribution in [3.63, 3.8) is 0 Å². The highest BCUT2D eigenvalue weighted by Crippen LogP contribution is 2.10. The van der Waals surface area contributed by atoms with Crippen molar-refractivity contribution in [3.05, 3.63) is 40.1 Å². The second-order valence-corrected chi connectivity index (χ2v) is 3.40. The Balaban J connectivity index is 3.08. The predicted molar refractivity (Wildman–Crippen MR) is 52.1 cm³/mol. The zero-order valence-corrected chi connectivity index (χ0v) is 8.03. The molecule has 0 bridgehead atoms. The molecule has 68 valence electrons. The van der Waals surface area contributed by atoms with E-state index >= 15 is 0 Å². The van der Waals surface area contributed by atoms with E-state index in [1.54, 1.807) is 17.8 Å². The zero-order chi connectivity index (χ0) is 9.59. The normalized spacial score (nSPS) is 11.0. The summed E-state index contributed by atoms with van der Waals surface area (Å²) < 4.78 is 3.53. The molecule has 0 unspecified atom stereocenters. The lowest BCUT2D eigenvalue weighted by atomic mass is 10.3. The first-order valence-electron chi connectivity index (χ1n) is 4.25. The molecule has 3 heteroatoms. The molecule has 0 saturated carbocycles. The predicted octanol–water partition coefficient (Wildman–Crippen LogP) is 1.25. The van der Waals surface area contributed by atoms with E-state index in [1.807, 2.05) is 30.5 Å². The van der Waals surface area contributed by atoms with E-state index in [2.05, 4.69) is 0 Å². The van der Waals surface area contributed by atoms with Gasteiger partial charge >= 0.3 is 0 Å². The summed E-state index contributed by atoms with van der Waals surface area (Å²) in [5.41, 5.74) is 2.99. The average Bonchev–Trinajstić information content (AvgIpc) is 2.35. The molecule has 2 rings (SSSR count). The summed E-state index contributed by atoms with van der Waals surface area (Å²) in [5, 5.41) is 0. The maximum Gasteiger partial charge on any atom is 0.274 e. The van der Waals surface area contributed by atoms with E-state index in [0.717, 1.165) is 16.8 Å². The van der Waals surface area contributed by atoms with Crippen molar-refractivity contribution in [1.29, 1.82) is 0 Å². The molecule has 0 aliphatic heterocycles. The Labute approximate surface area is 76.2 Å². The number of hydrogen-bond acceptors (Lipinski definition) is 1. The van der Waals surface area contributed by atoms with Crippen molar-refractivity contribution in [2.75, 3.05) is 0 Å². The summed E-state index contributed by atoms with van der Waals surface area (Å²) in [6.45, 7) is 3.96. The molecule has 2 aromatic rings. The van der Waals surface area contributed by atoms with E-state index < -0.39 is 0 Å². The fraction of sp³-hybridized carbons (Fsp3) is 0.300. The minimum Gasteiger partial charge on any atom is -0.315 e. The van der Waals surface area contributed by atoms with E-state index in [0.29, 0.717) is 0 Å². The molecule has 0 radical (unpaired) electrons. The van der Waals surface area contributed by atoms with Crippen LogP contribution >= 0.6 is 0 Å². The van der Waals surface area contributed by atoms with Crippen molar-refractivity contribution in [2.45, 2.75) is 13.8 Å². The summed E-state index contributed by atoms with van der Waals surface area (Å²) in [5.74, 6) is 0. The Bertz CT molecular complexity index is 519. The molecule has 2 heterocycles. The molecule has 0 aliphatic rings. The Hall–Kier alpha value is -1.51. The third kappa shape index (κ3) is 1.00. The fourth-order valence-corrected chi connectivity index (χ4v) is 1.68. The number of fused-ring (bicyclic) bond motifs is 1. The van der Waals surface area contributed by atoms with Gasteiger partial charge in [0.15, 0.2) is 0 Å². The van der Waals surface area contributed by atoms with Crippen LogP contribution in [0, 0.1) is 13.8 Å². The fourth-order valence-electron chi connectivity index (χ4n) is 1.68. The molecule has 0 amide bonds. The molecule has 0 fully saturated rings. The quantitative estimate of drug-likeness (QED) is 0.593. The number of aromatic nitrogens is 2. The van der Waals surface area contributed by atoms with Crippen LogP contribution in [0.4, 0.5) is 0 Å². The summed E-state index contributed by atoms with van der Waals surface area (Å²) in [6.07, 6.45) is 3.70. The molecule has 13 heavy (non-hydrogen) atoms. The molecule has 0 aromatic carbocycles. The second-order valence-electron chi connectivity index (χ2n) is 3.40. The minimum atomic E-state index is 0.0631. The van der Waals surface area contributed by atoms with E-state index in [9.17, 15) is 4.79 Å².